The van der Waals surface area contributed by atoms with Crippen molar-refractivity contribution in [3.05, 3.63) is 29.8 Å². The van der Waals surface area contributed by atoms with Crippen LogP contribution in [0.15, 0.2) is 29.2 Å². The van der Waals surface area contributed by atoms with E-state index < -0.39 is 16.0 Å². The molecule has 1 fully saturated rings. The molecule has 0 unspecified atom stereocenters. The van der Waals surface area contributed by atoms with Crippen LogP contribution in [0.2, 0.25) is 0 Å². The van der Waals surface area contributed by atoms with E-state index in [-0.39, 0.29) is 10.5 Å². The molecule has 1 aliphatic heterocycles. The molecule has 0 saturated carbocycles. The summed E-state index contributed by atoms with van der Waals surface area (Å²) >= 11 is 0. The first-order valence-electron chi connectivity index (χ1n) is 6.62. The number of nitrogens with one attached hydrogen (secondary N) is 1. The van der Waals surface area contributed by atoms with E-state index in [0.717, 1.165) is 13.1 Å². The zero-order chi connectivity index (χ0) is 15.3. The summed E-state index contributed by atoms with van der Waals surface area (Å²) in [5, 5.41) is 8.78. The second-order valence-corrected chi connectivity index (χ2v) is 6.45. The molecule has 7 nitrogen and oxygen atoms in total. The van der Waals surface area contributed by atoms with Gasteiger partial charge in [0.25, 0.3) is 0 Å². The van der Waals surface area contributed by atoms with Crippen LogP contribution in [-0.2, 0) is 14.8 Å². The van der Waals surface area contributed by atoms with Gasteiger partial charge >= 0.3 is 5.97 Å². The molecule has 1 aromatic rings. The number of carbonyl (C=O) groups is 1. The van der Waals surface area contributed by atoms with Crippen LogP contribution in [0.1, 0.15) is 10.4 Å². The molecular formula is C13H18N2O5S. The zero-order valence-corrected chi connectivity index (χ0v) is 12.3. The predicted octanol–water partition coefficient (Wildman–Crippen LogP) is -0.00470. The minimum atomic E-state index is -3.60. The predicted molar refractivity (Wildman–Crippen MR) is 75.8 cm³/mol. The standard InChI is InChI=1S/C13H18N2O5S/c16-13(17)11-1-3-12(4-2-11)21(18,19)14-5-6-15-7-9-20-10-8-15/h1-4,14H,5-10H2,(H,16,17). The lowest BCUT2D eigenvalue weighted by atomic mass is 10.2. The highest BCUT2D eigenvalue weighted by Gasteiger charge is 2.16. The summed E-state index contributed by atoms with van der Waals surface area (Å²) in [5.74, 6) is -1.08. The summed E-state index contributed by atoms with van der Waals surface area (Å²) in [4.78, 5) is 12.9. The first kappa shape index (κ1) is 15.9. The minimum Gasteiger partial charge on any atom is -0.478 e. The molecule has 1 aromatic carbocycles. The van der Waals surface area contributed by atoms with Crippen molar-refractivity contribution in [2.45, 2.75) is 4.90 Å². The third-order valence-corrected chi connectivity index (χ3v) is 4.71. The average Bonchev–Trinajstić information content (AvgIpc) is 2.48. The van der Waals surface area contributed by atoms with Crippen LogP contribution < -0.4 is 4.72 Å². The lowest BCUT2D eigenvalue weighted by Crippen LogP contribution is -2.41. The van der Waals surface area contributed by atoms with Crippen LogP contribution >= 0.6 is 0 Å². The Balaban J connectivity index is 1.90. The number of nitrogens with zero attached hydrogens (tertiary/aromatic N) is 1. The molecule has 0 amide bonds. The molecule has 0 radical (unpaired) electrons. The molecule has 0 bridgehead atoms. The Kier molecular flexibility index (Phi) is 5.29. The highest BCUT2D eigenvalue weighted by atomic mass is 32.2. The summed E-state index contributed by atoms with van der Waals surface area (Å²) in [6.45, 7) is 3.87. The van der Waals surface area contributed by atoms with Gasteiger partial charge in [-0.05, 0) is 24.3 Å². The van der Waals surface area contributed by atoms with Crippen LogP contribution in [0.4, 0.5) is 0 Å². The van der Waals surface area contributed by atoms with Gasteiger partial charge in [-0.25, -0.2) is 17.9 Å². The van der Waals surface area contributed by atoms with Crippen molar-refractivity contribution in [2.75, 3.05) is 39.4 Å². The highest BCUT2D eigenvalue weighted by molar-refractivity contribution is 7.89. The summed E-state index contributed by atoms with van der Waals surface area (Å²) in [5.41, 5.74) is 0.0577. The maximum absolute atomic E-state index is 12.1. The summed E-state index contributed by atoms with van der Waals surface area (Å²) in [7, 11) is -3.60. The Morgan fingerprint density at radius 2 is 1.86 bits per heavy atom. The SMILES string of the molecule is O=C(O)c1ccc(S(=O)(=O)NCCN2CCOCC2)cc1. The van der Waals surface area contributed by atoms with Gasteiger partial charge in [0, 0.05) is 26.2 Å². The van der Waals surface area contributed by atoms with E-state index >= 15 is 0 Å². The van der Waals surface area contributed by atoms with E-state index in [4.69, 9.17) is 9.84 Å². The first-order chi connectivity index (χ1) is 9.99. The summed E-state index contributed by atoms with van der Waals surface area (Å²) in [6.07, 6.45) is 0. The van der Waals surface area contributed by atoms with Gasteiger partial charge in [-0.3, -0.25) is 4.90 Å². The number of morpholine rings is 1. The fourth-order valence-corrected chi connectivity index (χ4v) is 3.04. The number of aromatic carboxylic acids is 1. The molecule has 0 atom stereocenters. The number of benzene rings is 1. The third-order valence-electron chi connectivity index (χ3n) is 3.24. The molecule has 1 aliphatic rings. The zero-order valence-electron chi connectivity index (χ0n) is 11.5. The third kappa shape index (κ3) is 4.50. The number of hydrogen-bond donors (Lipinski definition) is 2. The van der Waals surface area contributed by atoms with Crippen molar-refractivity contribution < 1.29 is 23.1 Å². The van der Waals surface area contributed by atoms with Gasteiger partial charge < -0.3 is 9.84 Å². The Morgan fingerprint density at radius 3 is 2.43 bits per heavy atom. The van der Waals surface area contributed by atoms with E-state index in [2.05, 4.69) is 9.62 Å². The Labute approximate surface area is 123 Å². The average molecular weight is 314 g/mol. The fourth-order valence-electron chi connectivity index (χ4n) is 2.02. The first-order valence-corrected chi connectivity index (χ1v) is 8.10. The maximum atomic E-state index is 12.1. The van der Waals surface area contributed by atoms with Gasteiger partial charge in [-0.1, -0.05) is 0 Å². The molecule has 2 rings (SSSR count). The second kappa shape index (κ2) is 6.99. The van der Waals surface area contributed by atoms with Crippen LogP contribution in [0, 0.1) is 0 Å². The van der Waals surface area contributed by atoms with Gasteiger partial charge in [-0.2, -0.15) is 0 Å². The van der Waals surface area contributed by atoms with Crippen molar-refractivity contribution in [1.29, 1.82) is 0 Å². The van der Waals surface area contributed by atoms with Gasteiger partial charge in [-0.15, -0.1) is 0 Å². The minimum absolute atomic E-state index is 0.0577. The summed E-state index contributed by atoms with van der Waals surface area (Å²) in [6, 6.07) is 5.14. The Bertz CT molecular complexity index is 579. The Morgan fingerprint density at radius 1 is 1.24 bits per heavy atom. The molecule has 21 heavy (non-hydrogen) atoms. The molecule has 1 heterocycles. The van der Waals surface area contributed by atoms with Crippen LogP contribution in [0.3, 0.4) is 0 Å². The lowest BCUT2D eigenvalue weighted by Gasteiger charge is -2.26. The van der Waals surface area contributed by atoms with E-state index in [9.17, 15) is 13.2 Å². The molecule has 116 valence electrons. The van der Waals surface area contributed by atoms with Crippen LogP contribution in [0.5, 0.6) is 0 Å². The molecule has 0 aliphatic carbocycles. The smallest absolute Gasteiger partial charge is 0.335 e. The lowest BCUT2D eigenvalue weighted by molar-refractivity contribution is 0.0390. The molecular weight excluding hydrogens is 296 g/mol. The van der Waals surface area contributed by atoms with Crippen molar-refractivity contribution in [3.8, 4) is 0 Å². The molecule has 0 aromatic heterocycles. The van der Waals surface area contributed by atoms with Crippen LogP contribution in [-0.4, -0.2) is 63.8 Å². The van der Waals surface area contributed by atoms with E-state index in [1.54, 1.807) is 0 Å². The van der Waals surface area contributed by atoms with Crippen molar-refractivity contribution in [1.82, 2.24) is 9.62 Å². The number of rotatable bonds is 6. The fraction of sp³-hybridized carbons (Fsp3) is 0.462. The highest BCUT2D eigenvalue weighted by Crippen LogP contribution is 2.10. The molecule has 2 N–H and O–H groups in total. The number of hydrogen-bond acceptors (Lipinski definition) is 5. The van der Waals surface area contributed by atoms with Gasteiger partial charge in [0.15, 0.2) is 0 Å². The van der Waals surface area contributed by atoms with Gasteiger partial charge in [0.2, 0.25) is 10.0 Å². The largest absolute Gasteiger partial charge is 0.478 e. The quantitative estimate of drug-likeness (QED) is 0.767. The number of carboxylic acid groups (broad SMARTS) is 1. The van der Waals surface area contributed by atoms with Crippen molar-refractivity contribution >= 4 is 16.0 Å². The maximum Gasteiger partial charge on any atom is 0.335 e. The van der Waals surface area contributed by atoms with E-state index in [1.165, 1.54) is 24.3 Å². The van der Waals surface area contributed by atoms with Crippen molar-refractivity contribution in [3.63, 3.8) is 0 Å². The number of sulfonamides is 1. The van der Waals surface area contributed by atoms with Crippen molar-refractivity contribution in [2.24, 2.45) is 0 Å². The molecule has 0 spiro atoms. The second-order valence-electron chi connectivity index (χ2n) is 4.68. The number of carboxylic acids is 1. The van der Waals surface area contributed by atoms with Gasteiger partial charge in [0.1, 0.15) is 0 Å². The van der Waals surface area contributed by atoms with E-state index in [0.29, 0.717) is 26.3 Å². The normalized spacial score (nSPS) is 16.8. The van der Waals surface area contributed by atoms with Crippen LogP contribution in [0.25, 0.3) is 0 Å². The number of ether oxygens (including phenoxy) is 1. The summed E-state index contributed by atoms with van der Waals surface area (Å²) < 4.78 is 31.8. The van der Waals surface area contributed by atoms with Gasteiger partial charge in [0.05, 0.1) is 23.7 Å². The topological polar surface area (TPSA) is 95.9 Å². The monoisotopic (exact) mass is 314 g/mol. The van der Waals surface area contributed by atoms with E-state index in [1.807, 2.05) is 0 Å². The molecule has 8 heteroatoms. The molecule has 1 saturated heterocycles. The Hall–Kier alpha value is -1.48.